The number of rotatable bonds is 4. The van der Waals surface area contributed by atoms with Crippen molar-refractivity contribution < 1.29 is 4.79 Å². The van der Waals surface area contributed by atoms with Gasteiger partial charge in [-0.25, -0.2) is 9.97 Å². The molecule has 0 saturated carbocycles. The highest BCUT2D eigenvalue weighted by Crippen LogP contribution is 2.39. The molecule has 0 N–H and O–H groups in total. The third-order valence-corrected chi connectivity index (χ3v) is 6.46. The first-order chi connectivity index (χ1) is 12.5. The van der Waals surface area contributed by atoms with Crippen molar-refractivity contribution in [1.29, 1.82) is 0 Å². The van der Waals surface area contributed by atoms with Crippen molar-refractivity contribution in [1.82, 2.24) is 24.5 Å². The van der Waals surface area contributed by atoms with Gasteiger partial charge >= 0.3 is 0 Å². The lowest BCUT2D eigenvalue weighted by Gasteiger charge is -2.17. The zero-order chi connectivity index (χ0) is 18.4. The summed E-state index contributed by atoms with van der Waals surface area (Å²) in [5.41, 5.74) is 2.15. The van der Waals surface area contributed by atoms with Crippen LogP contribution >= 0.6 is 11.3 Å². The summed E-state index contributed by atoms with van der Waals surface area (Å²) >= 11 is 1.78. The summed E-state index contributed by atoms with van der Waals surface area (Å²) in [7, 11) is 1.82. The molecule has 0 bridgehead atoms. The minimum atomic E-state index is -0.118. The topological polar surface area (TPSA) is 63.4 Å². The second-order valence-electron chi connectivity index (χ2n) is 7.44. The first kappa shape index (κ1) is 17.4. The summed E-state index contributed by atoms with van der Waals surface area (Å²) in [6, 6.07) is 0. The Bertz CT molecular complexity index is 989. The number of aryl methyl sites for hydroxylation is 2. The fraction of sp³-hybridized carbons (Fsp3) is 0.579. The second-order valence-corrected chi connectivity index (χ2v) is 8.53. The molecule has 7 heteroatoms. The van der Waals surface area contributed by atoms with Crippen LogP contribution in [0, 0.1) is 12.8 Å². The van der Waals surface area contributed by atoms with Crippen molar-refractivity contribution in [3.05, 3.63) is 22.1 Å². The quantitative estimate of drug-likeness (QED) is 0.702. The Morgan fingerprint density at radius 3 is 2.96 bits per heavy atom. The predicted molar refractivity (Wildman–Crippen MR) is 104 cm³/mol. The van der Waals surface area contributed by atoms with E-state index in [-0.39, 0.29) is 11.7 Å². The van der Waals surface area contributed by atoms with E-state index in [0.717, 1.165) is 53.9 Å². The number of hydrogen-bond donors (Lipinski definition) is 0. The van der Waals surface area contributed by atoms with E-state index in [1.54, 1.807) is 20.8 Å². The highest BCUT2D eigenvalue weighted by Gasteiger charge is 2.26. The molecule has 3 heterocycles. The average Bonchev–Trinajstić information content (AvgIpc) is 3.20. The Morgan fingerprint density at radius 2 is 2.19 bits per heavy atom. The van der Waals surface area contributed by atoms with Crippen LogP contribution in [-0.2, 0) is 12.8 Å². The van der Waals surface area contributed by atoms with Crippen LogP contribution in [0.25, 0.3) is 15.9 Å². The van der Waals surface area contributed by atoms with Crippen LogP contribution in [-0.4, -0.2) is 44.0 Å². The van der Waals surface area contributed by atoms with E-state index in [1.165, 1.54) is 16.9 Å². The molecule has 3 aromatic rings. The van der Waals surface area contributed by atoms with Gasteiger partial charge in [-0.05, 0) is 44.1 Å². The molecule has 138 valence electrons. The Balaban J connectivity index is 1.84. The molecule has 26 heavy (non-hydrogen) atoms. The maximum atomic E-state index is 12.7. The van der Waals surface area contributed by atoms with Gasteiger partial charge in [-0.2, -0.15) is 4.52 Å². The van der Waals surface area contributed by atoms with Gasteiger partial charge in [-0.15, -0.1) is 16.4 Å². The predicted octanol–water partition coefficient (Wildman–Crippen LogP) is 3.64. The van der Waals surface area contributed by atoms with Gasteiger partial charge in [0, 0.05) is 18.5 Å². The van der Waals surface area contributed by atoms with E-state index in [1.807, 2.05) is 14.0 Å². The number of nitrogens with zero attached hydrogens (tertiary/aromatic N) is 5. The summed E-state index contributed by atoms with van der Waals surface area (Å²) in [6.45, 7) is 7.07. The molecular weight excluding hydrogens is 346 g/mol. The van der Waals surface area contributed by atoms with Crippen molar-refractivity contribution >= 4 is 33.1 Å². The maximum Gasteiger partial charge on any atom is 0.293 e. The molecular formula is C19H25N5OS. The number of aromatic nitrogens is 4. The molecule has 0 saturated heterocycles. The number of amides is 1. The van der Waals surface area contributed by atoms with Crippen LogP contribution in [0.1, 0.15) is 60.0 Å². The van der Waals surface area contributed by atoms with Gasteiger partial charge in [0.25, 0.3) is 5.91 Å². The van der Waals surface area contributed by atoms with E-state index in [9.17, 15) is 4.79 Å². The monoisotopic (exact) mass is 371 g/mol. The van der Waals surface area contributed by atoms with Gasteiger partial charge in [-0.3, -0.25) is 4.79 Å². The van der Waals surface area contributed by atoms with Gasteiger partial charge < -0.3 is 4.90 Å². The van der Waals surface area contributed by atoms with Crippen LogP contribution in [0.15, 0.2) is 0 Å². The highest BCUT2D eigenvalue weighted by atomic mass is 32.1. The summed E-state index contributed by atoms with van der Waals surface area (Å²) in [5, 5.41) is 5.60. The molecule has 0 unspecified atom stereocenters. The van der Waals surface area contributed by atoms with Crippen LogP contribution < -0.4 is 0 Å². The molecule has 3 aromatic heterocycles. The summed E-state index contributed by atoms with van der Waals surface area (Å²) < 4.78 is 1.75. The largest absolute Gasteiger partial charge is 0.339 e. The molecule has 1 atom stereocenters. The average molecular weight is 372 g/mol. The van der Waals surface area contributed by atoms with Crippen LogP contribution in [0.3, 0.4) is 0 Å². The number of carbonyl (C=O) groups is 1. The van der Waals surface area contributed by atoms with Crippen molar-refractivity contribution in [3.8, 4) is 0 Å². The number of fused-ring (bicyclic) bond motifs is 5. The van der Waals surface area contributed by atoms with E-state index in [2.05, 4.69) is 23.9 Å². The normalized spacial score (nSPS) is 17.0. The van der Waals surface area contributed by atoms with Gasteiger partial charge in [0.05, 0.1) is 5.39 Å². The number of unbranched alkanes of at least 4 members (excludes halogenated alkanes) is 1. The maximum absolute atomic E-state index is 12.7. The second kappa shape index (κ2) is 6.61. The van der Waals surface area contributed by atoms with Crippen molar-refractivity contribution in [3.63, 3.8) is 0 Å². The van der Waals surface area contributed by atoms with Gasteiger partial charge in [-0.1, -0.05) is 20.3 Å². The van der Waals surface area contributed by atoms with Crippen LogP contribution in [0.4, 0.5) is 0 Å². The van der Waals surface area contributed by atoms with Crippen LogP contribution in [0.5, 0.6) is 0 Å². The molecule has 0 radical (unpaired) electrons. The minimum Gasteiger partial charge on any atom is -0.339 e. The van der Waals surface area contributed by atoms with Crippen molar-refractivity contribution in [2.24, 2.45) is 5.92 Å². The lowest BCUT2D eigenvalue weighted by molar-refractivity contribution is 0.0781. The Hall–Kier alpha value is -2.02. The third-order valence-electron chi connectivity index (χ3n) is 5.27. The fourth-order valence-electron chi connectivity index (χ4n) is 3.70. The van der Waals surface area contributed by atoms with Crippen LogP contribution in [0.2, 0.25) is 0 Å². The van der Waals surface area contributed by atoms with Gasteiger partial charge in [0.1, 0.15) is 10.7 Å². The Kier molecular flexibility index (Phi) is 4.42. The molecule has 1 aliphatic rings. The number of hydrogen-bond acceptors (Lipinski definition) is 5. The molecule has 0 spiro atoms. The minimum absolute atomic E-state index is 0.118. The SMILES string of the molecule is CCCCN(C)C(=O)c1nc2c3c4c(sc3nc(C)n2n1)CC[C@H](C)C4. The van der Waals surface area contributed by atoms with E-state index in [4.69, 9.17) is 4.98 Å². The molecule has 4 rings (SSSR count). The first-order valence-electron chi connectivity index (χ1n) is 9.42. The molecule has 0 fully saturated rings. The molecule has 1 aliphatic carbocycles. The van der Waals surface area contributed by atoms with Crippen molar-refractivity contribution in [2.75, 3.05) is 13.6 Å². The molecule has 6 nitrogen and oxygen atoms in total. The third kappa shape index (κ3) is 2.78. The molecule has 1 amide bonds. The summed E-state index contributed by atoms with van der Waals surface area (Å²) in [4.78, 5) is 26.3. The standard InChI is InChI=1S/C19H25N5OS/c1-5-6-9-23(4)19(25)16-21-17-15-13-10-11(2)7-8-14(13)26-18(15)20-12(3)24(17)22-16/h11H,5-10H2,1-4H3/t11-/m0/s1. The van der Waals surface area contributed by atoms with Crippen molar-refractivity contribution in [2.45, 2.75) is 52.9 Å². The number of carbonyl (C=O) groups excluding carboxylic acids is 1. The fourth-order valence-corrected chi connectivity index (χ4v) is 4.96. The molecule has 0 aromatic carbocycles. The smallest absolute Gasteiger partial charge is 0.293 e. The zero-order valence-corrected chi connectivity index (χ0v) is 16.7. The summed E-state index contributed by atoms with van der Waals surface area (Å²) in [6.07, 6.45) is 5.44. The molecule has 0 aliphatic heterocycles. The first-order valence-corrected chi connectivity index (χ1v) is 10.2. The Labute approximate surface area is 157 Å². The summed E-state index contributed by atoms with van der Waals surface area (Å²) in [5.74, 6) is 1.60. The Morgan fingerprint density at radius 1 is 1.38 bits per heavy atom. The lowest BCUT2D eigenvalue weighted by Crippen LogP contribution is -2.28. The lowest BCUT2D eigenvalue weighted by atomic mass is 9.89. The zero-order valence-electron chi connectivity index (χ0n) is 15.9. The van der Waals surface area contributed by atoms with E-state index < -0.39 is 0 Å². The van der Waals surface area contributed by atoms with E-state index in [0.29, 0.717) is 5.92 Å². The van der Waals surface area contributed by atoms with Gasteiger partial charge in [0.15, 0.2) is 5.65 Å². The number of thiophene rings is 1. The van der Waals surface area contributed by atoms with Gasteiger partial charge in [0.2, 0.25) is 5.82 Å². The van der Waals surface area contributed by atoms with E-state index >= 15 is 0 Å². The highest BCUT2D eigenvalue weighted by molar-refractivity contribution is 7.19.